The summed E-state index contributed by atoms with van der Waals surface area (Å²) in [5.41, 5.74) is 7.90. The monoisotopic (exact) mass is 511 g/mol. The third-order valence-corrected chi connectivity index (χ3v) is 7.70. The lowest BCUT2D eigenvalue weighted by atomic mass is 9.94. The number of rotatable bonds is 5. The number of carbonyl (C=O) groups is 1. The van der Waals surface area contributed by atoms with Crippen LogP contribution >= 0.6 is 0 Å². The van der Waals surface area contributed by atoms with Crippen molar-refractivity contribution in [1.29, 1.82) is 0 Å². The fraction of sp³-hybridized carbons (Fsp3) is 0.379. The van der Waals surface area contributed by atoms with E-state index in [2.05, 4.69) is 22.0 Å². The van der Waals surface area contributed by atoms with Crippen molar-refractivity contribution in [3.63, 3.8) is 0 Å². The van der Waals surface area contributed by atoms with Crippen LogP contribution in [-0.2, 0) is 4.79 Å². The lowest BCUT2D eigenvalue weighted by Crippen LogP contribution is -2.46. The van der Waals surface area contributed by atoms with Gasteiger partial charge in [-0.05, 0) is 82.2 Å². The Balaban J connectivity index is 1.22. The van der Waals surface area contributed by atoms with Gasteiger partial charge in [0, 0.05) is 24.6 Å². The van der Waals surface area contributed by atoms with E-state index in [4.69, 9.17) is 15.5 Å². The van der Waals surface area contributed by atoms with E-state index in [0.717, 1.165) is 67.8 Å². The van der Waals surface area contributed by atoms with Gasteiger partial charge in [0.05, 0.1) is 17.6 Å². The number of hydrogen-bond donors (Lipinski definition) is 1. The number of para-hydroxylation sites is 1. The van der Waals surface area contributed by atoms with Gasteiger partial charge in [0.15, 0.2) is 11.5 Å². The van der Waals surface area contributed by atoms with E-state index in [-0.39, 0.29) is 17.9 Å². The number of piperidine rings is 2. The summed E-state index contributed by atoms with van der Waals surface area (Å²) in [5.74, 6) is 2.86. The van der Waals surface area contributed by atoms with Crippen LogP contribution in [0.5, 0.6) is 11.5 Å². The van der Waals surface area contributed by atoms with Crippen LogP contribution in [0.25, 0.3) is 22.4 Å². The fourth-order valence-electron chi connectivity index (χ4n) is 5.51. The van der Waals surface area contributed by atoms with Crippen LogP contribution in [0, 0.1) is 5.92 Å². The zero-order valence-electron chi connectivity index (χ0n) is 21.7. The van der Waals surface area contributed by atoms with Crippen molar-refractivity contribution in [2.75, 3.05) is 39.0 Å². The Morgan fingerprint density at radius 3 is 2.45 bits per heavy atom. The summed E-state index contributed by atoms with van der Waals surface area (Å²) in [6.45, 7) is 3.42. The molecule has 0 unspecified atom stereocenters. The van der Waals surface area contributed by atoms with Gasteiger partial charge in [0.25, 0.3) is 0 Å². The van der Waals surface area contributed by atoms with Gasteiger partial charge in [-0.2, -0.15) is 5.10 Å². The maximum Gasteiger partial charge on any atom is 0.225 e. The van der Waals surface area contributed by atoms with Crippen LogP contribution in [0.15, 0.2) is 60.8 Å². The van der Waals surface area contributed by atoms with Gasteiger partial charge in [-0.15, -0.1) is 0 Å². The molecule has 1 atom stereocenters. The normalized spacial score (nSPS) is 19.1. The number of nitrogens with zero attached hydrogens (tertiary/aromatic N) is 6. The molecule has 1 amide bonds. The van der Waals surface area contributed by atoms with Gasteiger partial charge >= 0.3 is 0 Å². The molecule has 2 N–H and O–H groups in total. The summed E-state index contributed by atoms with van der Waals surface area (Å²) < 4.78 is 7.86. The molecule has 0 radical (unpaired) electrons. The molecule has 9 nitrogen and oxygen atoms in total. The molecule has 0 aliphatic carbocycles. The zero-order valence-corrected chi connectivity index (χ0v) is 21.7. The molecule has 196 valence electrons. The minimum Gasteiger partial charge on any atom is -0.457 e. The van der Waals surface area contributed by atoms with Crippen molar-refractivity contribution in [3.05, 3.63) is 60.8 Å². The molecule has 4 aromatic rings. The predicted molar refractivity (Wildman–Crippen MR) is 147 cm³/mol. The van der Waals surface area contributed by atoms with E-state index < -0.39 is 0 Å². The topological polar surface area (TPSA) is 102 Å². The molecule has 0 spiro atoms. The number of anilines is 1. The smallest absolute Gasteiger partial charge is 0.225 e. The molecule has 2 saturated heterocycles. The third kappa shape index (κ3) is 4.93. The van der Waals surface area contributed by atoms with E-state index >= 15 is 0 Å². The summed E-state index contributed by atoms with van der Waals surface area (Å²) in [6, 6.07) is 17.4. The summed E-state index contributed by atoms with van der Waals surface area (Å²) in [7, 11) is 2.12. The van der Waals surface area contributed by atoms with Crippen LogP contribution in [0.4, 0.5) is 5.82 Å². The van der Waals surface area contributed by atoms with E-state index in [9.17, 15) is 4.79 Å². The Kier molecular flexibility index (Phi) is 6.68. The van der Waals surface area contributed by atoms with Crippen LogP contribution in [-0.4, -0.2) is 68.7 Å². The molecule has 0 bridgehead atoms. The molecule has 2 aromatic heterocycles. The average molecular weight is 512 g/mol. The molecule has 0 saturated carbocycles. The van der Waals surface area contributed by atoms with E-state index in [0.29, 0.717) is 23.8 Å². The summed E-state index contributed by atoms with van der Waals surface area (Å²) >= 11 is 0. The maximum absolute atomic E-state index is 13.3. The van der Waals surface area contributed by atoms with Crippen molar-refractivity contribution in [3.8, 4) is 22.9 Å². The largest absolute Gasteiger partial charge is 0.457 e. The number of ether oxygens (including phenoxy) is 1. The Labute approximate surface area is 222 Å². The quantitative estimate of drug-likeness (QED) is 0.424. The van der Waals surface area contributed by atoms with Crippen molar-refractivity contribution < 1.29 is 9.53 Å². The van der Waals surface area contributed by atoms with E-state index in [1.54, 1.807) is 6.20 Å². The number of benzene rings is 2. The molecule has 38 heavy (non-hydrogen) atoms. The number of aromatic nitrogens is 4. The molecular weight excluding hydrogens is 478 g/mol. The first kappa shape index (κ1) is 24.4. The second kappa shape index (κ2) is 10.4. The summed E-state index contributed by atoms with van der Waals surface area (Å²) in [5, 5.41) is 5.39. The standard InChI is InChI=1S/C29H33N7O2/c1-34-16-13-21(14-17-34)29(37)35-15-5-6-22(19-35)36-28-25(18-31-36)26(30)32-27(33-28)20-9-11-24(12-10-20)38-23-7-3-2-4-8-23/h2-4,7-12,18,21-22H,5-6,13-17,19H2,1H3,(H2,30,32,33)/t22-/m1/s1. The average Bonchev–Trinajstić information content (AvgIpc) is 3.39. The molecule has 2 aliphatic rings. The van der Waals surface area contributed by atoms with E-state index in [1.165, 1.54) is 0 Å². The number of hydrogen-bond acceptors (Lipinski definition) is 7. The first-order valence-electron chi connectivity index (χ1n) is 13.4. The molecule has 6 rings (SSSR count). The summed E-state index contributed by atoms with van der Waals surface area (Å²) in [4.78, 5) is 27.1. The molecule has 2 fully saturated rings. The van der Waals surface area contributed by atoms with Crippen molar-refractivity contribution in [2.24, 2.45) is 5.92 Å². The molecule has 9 heteroatoms. The maximum atomic E-state index is 13.3. The third-order valence-electron chi connectivity index (χ3n) is 7.70. The number of amides is 1. The fourth-order valence-corrected chi connectivity index (χ4v) is 5.51. The highest BCUT2D eigenvalue weighted by atomic mass is 16.5. The molecule has 2 aliphatic heterocycles. The van der Waals surface area contributed by atoms with Gasteiger partial charge in [-0.1, -0.05) is 18.2 Å². The van der Waals surface area contributed by atoms with Gasteiger partial charge in [-0.3, -0.25) is 4.79 Å². The van der Waals surface area contributed by atoms with Gasteiger partial charge in [-0.25, -0.2) is 14.6 Å². The van der Waals surface area contributed by atoms with Crippen molar-refractivity contribution >= 4 is 22.8 Å². The number of likely N-dealkylation sites (tertiary alicyclic amines) is 2. The van der Waals surface area contributed by atoms with Gasteiger partial charge in [0.1, 0.15) is 17.3 Å². The lowest BCUT2D eigenvalue weighted by molar-refractivity contribution is -0.138. The number of carbonyl (C=O) groups excluding carboxylic acids is 1. The van der Waals surface area contributed by atoms with E-state index in [1.807, 2.05) is 64.2 Å². The first-order valence-corrected chi connectivity index (χ1v) is 13.4. The predicted octanol–water partition coefficient (Wildman–Crippen LogP) is 4.37. The van der Waals surface area contributed by atoms with Crippen molar-refractivity contribution in [1.82, 2.24) is 29.5 Å². The molecule has 4 heterocycles. The van der Waals surface area contributed by atoms with Crippen LogP contribution in [0.3, 0.4) is 0 Å². The minimum absolute atomic E-state index is 0.0558. The Morgan fingerprint density at radius 2 is 1.68 bits per heavy atom. The second-order valence-corrected chi connectivity index (χ2v) is 10.4. The minimum atomic E-state index is 0.0558. The van der Waals surface area contributed by atoms with Crippen molar-refractivity contribution in [2.45, 2.75) is 31.7 Å². The van der Waals surface area contributed by atoms with Gasteiger partial charge in [0.2, 0.25) is 5.91 Å². The summed E-state index contributed by atoms with van der Waals surface area (Å²) in [6.07, 6.45) is 5.50. The number of nitrogens with two attached hydrogens (primary N) is 1. The highest BCUT2D eigenvalue weighted by molar-refractivity contribution is 5.87. The second-order valence-electron chi connectivity index (χ2n) is 10.4. The van der Waals surface area contributed by atoms with Crippen LogP contribution in [0.1, 0.15) is 31.7 Å². The SMILES string of the molecule is CN1CCC(C(=O)N2CCC[C@@H](n3ncc4c(N)nc(-c5ccc(Oc6ccccc6)cc5)nc43)C2)CC1. The Hall–Kier alpha value is -3.98. The molecular formula is C29H33N7O2. The van der Waals surface area contributed by atoms with Crippen LogP contribution in [0.2, 0.25) is 0 Å². The first-order chi connectivity index (χ1) is 18.5. The molecule has 2 aromatic carbocycles. The Morgan fingerprint density at radius 1 is 0.947 bits per heavy atom. The highest BCUT2D eigenvalue weighted by Gasteiger charge is 2.32. The number of nitrogen functional groups attached to an aromatic ring is 1. The number of fused-ring (bicyclic) bond motifs is 1. The zero-order chi connectivity index (χ0) is 26.1. The highest BCUT2D eigenvalue weighted by Crippen LogP contribution is 2.31. The lowest BCUT2D eigenvalue weighted by Gasteiger charge is -2.37. The van der Waals surface area contributed by atoms with Crippen LogP contribution < -0.4 is 10.5 Å². The Bertz CT molecular complexity index is 1410. The van der Waals surface area contributed by atoms with Gasteiger partial charge < -0.3 is 20.3 Å².